The monoisotopic (exact) mass is 338 g/mol. The van der Waals surface area contributed by atoms with Gasteiger partial charge in [-0.05, 0) is 62.3 Å². The van der Waals surface area contributed by atoms with Crippen LogP contribution in [0.2, 0.25) is 0 Å². The first-order valence-electron chi connectivity index (χ1n) is 7.87. The van der Waals surface area contributed by atoms with Gasteiger partial charge in [0, 0.05) is 23.2 Å². The molecule has 20 heavy (non-hydrogen) atoms. The van der Waals surface area contributed by atoms with E-state index in [0.717, 1.165) is 16.8 Å². The fraction of sp³-hybridized carbons (Fsp3) is 0.647. The third-order valence-electron chi connectivity index (χ3n) is 4.78. The molecule has 0 amide bonds. The van der Waals surface area contributed by atoms with Crippen LogP contribution in [-0.2, 0) is 6.42 Å². The molecule has 0 heterocycles. The van der Waals surface area contributed by atoms with Gasteiger partial charge in [0.2, 0.25) is 0 Å². The molecule has 1 aromatic carbocycles. The predicted octanol–water partition coefficient (Wildman–Crippen LogP) is 4.36. The molecule has 0 radical (unpaired) electrons. The molecule has 0 aliphatic heterocycles. The molecule has 2 N–H and O–H groups in total. The lowest BCUT2D eigenvalue weighted by molar-refractivity contribution is 0.313. The van der Waals surface area contributed by atoms with Gasteiger partial charge in [-0.1, -0.05) is 35.3 Å². The molecule has 3 heteroatoms. The first-order valence-corrected chi connectivity index (χ1v) is 8.66. The van der Waals surface area contributed by atoms with Crippen LogP contribution in [-0.4, -0.2) is 19.6 Å². The minimum atomic E-state index is 0.684. The Morgan fingerprint density at radius 1 is 1.25 bits per heavy atom. The van der Waals surface area contributed by atoms with E-state index in [0.29, 0.717) is 12.6 Å². The highest BCUT2D eigenvalue weighted by molar-refractivity contribution is 9.10. The summed E-state index contributed by atoms with van der Waals surface area (Å²) in [4.78, 5) is 2.49. The Morgan fingerprint density at radius 3 is 2.55 bits per heavy atom. The smallest absolute Gasteiger partial charge is 0.0410 e. The normalized spacial score (nSPS) is 22.8. The molecule has 2 nitrogen and oxygen atoms in total. The van der Waals surface area contributed by atoms with Gasteiger partial charge in [-0.15, -0.1) is 0 Å². The fourth-order valence-corrected chi connectivity index (χ4v) is 3.72. The second-order valence-corrected chi connectivity index (χ2v) is 6.92. The summed E-state index contributed by atoms with van der Waals surface area (Å²) in [6.45, 7) is 3.04. The Balaban J connectivity index is 2.12. The minimum Gasteiger partial charge on any atom is -0.371 e. The van der Waals surface area contributed by atoms with E-state index >= 15 is 0 Å². The second kappa shape index (κ2) is 7.46. The molecule has 0 bridgehead atoms. The molecule has 1 aliphatic carbocycles. The highest BCUT2D eigenvalue weighted by Gasteiger charge is 2.24. The van der Waals surface area contributed by atoms with E-state index in [1.165, 1.54) is 43.4 Å². The van der Waals surface area contributed by atoms with Crippen molar-refractivity contribution >= 4 is 21.6 Å². The van der Waals surface area contributed by atoms with E-state index in [4.69, 9.17) is 5.73 Å². The molecule has 0 atom stereocenters. The number of benzene rings is 1. The number of rotatable bonds is 5. The van der Waals surface area contributed by atoms with E-state index in [1.807, 2.05) is 0 Å². The zero-order valence-corrected chi connectivity index (χ0v) is 14.3. The third-order valence-corrected chi connectivity index (χ3v) is 5.28. The molecule has 1 aromatic rings. The number of hydrogen-bond donors (Lipinski definition) is 1. The van der Waals surface area contributed by atoms with Crippen molar-refractivity contribution in [2.24, 2.45) is 11.7 Å². The molecular formula is C17H27BrN2. The lowest BCUT2D eigenvalue weighted by Crippen LogP contribution is -2.35. The van der Waals surface area contributed by atoms with Crippen LogP contribution in [0.5, 0.6) is 0 Å². The Bertz CT molecular complexity index is 425. The second-order valence-electron chi connectivity index (χ2n) is 6.01. The van der Waals surface area contributed by atoms with Crippen molar-refractivity contribution in [3.05, 3.63) is 28.2 Å². The van der Waals surface area contributed by atoms with Crippen LogP contribution >= 0.6 is 15.9 Å². The van der Waals surface area contributed by atoms with Gasteiger partial charge in [0.1, 0.15) is 0 Å². The van der Waals surface area contributed by atoms with Crippen molar-refractivity contribution in [2.75, 3.05) is 18.5 Å². The lowest BCUT2D eigenvalue weighted by Gasteiger charge is -2.37. The average molecular weight is 339 g/mol. The van der Waals surface area contributed by atoms with Crippen LogP contribution in [0, 0.1) is 5.92 Å². The number of anilines is 1. The van der Waals surface area contributed by atoms with Crippen LogP contribution in [0.15, 0.2) is 22.7 Å². The average Bonchev–Trinajstić information content (AvgIpc) is 2.48. The Labute approximate surface area is 131 Å². The highest BCUT2D eigenvalue weighted by Crippen LogP contribution is 2.33. The number of nitrogens with zero attached hydrogens (tertiary/aromatic N) is 1. The molecule has 1 fully saturated rings. The molecule has 0 unspecified atom stereocenters. The standard InChI is InChI=1S/C17H27BrN2/c1-3-13-4-8-16(9-5-13)20(2)17-12-15(18)7-6-14(17)10-11-19/h6-7,12-13,16H,3-5,8-11,19H2,1-2H3. The summed E-state index contributed by atoms with van der Waals surface area (Å²) in [6.07, 6.45) is 7.70. The molecule has 0 aromatic heterocycles. The van der Waals surface area contributed by atoms with E-state index in [1.54, 1.807) is 0 Å². The Hall–Kier alpha value is -0.540. The Kier molecular flexibility index (Phi) is 5.91. The summed E-state index contributed by atoms with van der Waals surface area (Å²) in [5.41, 5.74) is 8.47. The quantitative estimate of drug-likeness (QED) is 0.864. The van der Waals surface area contributed by atoms with Gasteiger partial charge in [-0.25, -0.2) is 0 Å². The van der Waals surface area contributed by atoms with Crippen molar-refractivity contribution in [3.8, 4) is 0 Å². The molecule has 1 saturated carbocycles. The number of halogens is 1. The van der Waals surface area contributed by atoms with Gasteiger partial charge in [0.15, 0.2) is 0 Å². The SMILES string of the molecule is CCC1CCC(N(C)c2cc(Br)ccc2CCN)CC1. The Morgan fingerprint density at radius 2 is 1.95 bits per heavy atom. The van der Waals surface area contributed by atoms with Crippen molar-refractivity contribution < 1.29 is 0 Å². The molecule has 2 rings (SSSR count). The highest BCUT2D eigenvalue weighted by atomic mass is 79.9. The van der Waals surface area contributed by atoms with E-state index in [2.05, 4.69) is 53.0 Å². The number of hydrogen-bond acceptors (Lipinski definition) is 2. The molecule has 112 valence electrons. The number of nitrogens with two attached hydrogens (primary N) is 1. The van der Waals surface area contributed by atoms with Gasteiger partial charge < -0.3 is 10.6 Å². The third kappa shape index (κ3) is 3.76. The fourth-order valence-electron chi connectivity index (χ4n) is 3.37. The lowest BCUT2D eigenvalue weighted by atomic mass is 9.84. The van der Waals surface area contributed by atoms with Gasteiger partial charge in [0.05, 0.1) is 0 Å². The van der Waals surface area contributed by atoms with Crippen LogP contribution in [0.1, 0.15) is 44.6 Å². The zero-order chi connectivity index (χ0) is 14.5. The van der Waals surface area contributed by atoms with Crippen LogP contribution in [0.25, 0.3) is 0 Å². The minimum absolute atomic E-state index is 0.684. The largest absolute Gasteiger partial charge is 0.371 e. The maximum absolute atomic E-state index is 5.75. The first-order chi connectivity index (χ1) is 9.65. The van der Waals surface area contributed by atoms with Crippen LogP contribution in [0.4, 0.5) is 5.69 Å². The molecule has 0 spiro atoms. The molecular weight excluding hydrogens is 312 g/mol. The van der Waals surface area contributed by atoms with Crippen molar-refractivity contribution in [2.45, 2.75) is 51.5 Å². The predicted molar refractivity (Wildman–Crippen MR) is 91.3 cm³/mol. The summed E-state index contributed by atoms with van der Waals surface area (Å²) in [5, 5.41) is 0. The van der Waals surface area contributed by atoms with Gasteiger partial charge in [0.25, 0.3) is 0 Å². The van der Waals surface area contributed by atoms with Crippen LogP contribution < -0.4 is 10.6 Å². The van der Waals surface area contributed by atoms with Gasteiger partial charge in [-0.2, -0.15) is 0 Å². The molecule has 0 saturated heterocycles. The molecule has 1 aliphatic rings. The van der Waals surface area contributed by atoms with E-state index < -0.39 is 0 Å². The van der Waals surface area contributed by atoms with Gasteiger partial charge in [-0.3, -0.25) is 0 Å². The summed E-state index contributed by atoms with van der Waals surface area (Å²) >= 11 is 3.60. The maximum Gasteiger partial charge on any atom is 0.0410 e. The zero-order valence-electron chi connectivity index (χ0n) is 12.7. The van der Waals surface area contributed by atoms with Crippen molar-refractivity contribution in [1.82, 2.24) is 0 Å². The van der Waals surface area contributed by atoms with Gasteiger partial charge >= 0.3 is 0 Å². The summed E-state index contributed by atoms with van der Waals surface area (Å²) in [5.74, 6) is 0.950. The first kappa shape index (κ1) is 15.8. The summed E-state index contributed by atoms with van der Waals surface area (Å²) < 4.78 is 1.15. The van der Waals surface area contributed by atoms with E-state index in [9.17, 15) is 0 Å². The van der Waals surface area contributed by atoms with Crippen molar-refractivity contribution in [3.63, 3.8) is 0 Å². The van der Waals surface area contributed by atoms with E-state index in [-0.39, 0.29) is 0 Å². The summed E-state index contributed by atoms with van der Waals surface area (Å²) in [6, 6.07) is 7.26. The van der Waals surface area contributed by atoms with Crippen LogP contribution in [0.3, 0.4) is 0 Å². The summed E-state index contributed by atoms with van der Waals surface area (Å²) in [7, 11) is 2.25. The topological polar surface area (TPSA) is 29.3 Å². The van der Waals surface area contributed by atoms with Crippen molar-refractivity contribution in [1.29, 1.82) is 0 Å². The maximum atomic E-state index is 5.75.